The minimum atomic E-state index is -3.60. The van der Waals surface area contributed by atoms with E-state index in [1.807, 2.05) is 30.9 Å². The lowest BCUT2D eigenvalue weighted by Gasteiger charge is -2.26. The van der Waals surface area contributed by atoms with E-state index in [0.717, 1.165) is 17.1 Å². The van der Waals surface area contributed by atoms with Crippen molar-refractivity contribution in [2.75, 3.05) is 79.8 Å². The van der Waals surface area contributed by atoms with E-state index in [9.17, 15) is 18.0 Å². The number of para-hydroxylation sites is 2. The van der Waals surface area contributed by atoms with Crippen molar-refractivity contribution in [1.82, 2.24) is 14.9 Å². The summed E-state index contributed by atoms with van der Waals surface area (Å²) in [6.45, 7) is 8.43. The van der Waals surface area contributed by atoms with Crippen LogP contribution in [-0.4, -0.2) is 95.9 Å². The molecule has 1 heterocycles. The van der Waals surface area contributed by atoms with Gasteiger partial charge in [0.2, 0.25) is 21.9 Å². The van der Waals surface area contributed by atoms with E-state index in [2.05, 4.69) is 32.5 Å². The van der Waals surface area contributed by atoms with Crippen LogP contribution in [0.2, 0.25) is 0 Å². The monoisotopic (exact) mass is 654 g/mol. The third-order valence-corrected chi connectivity index (χ3v) is 7.84. The van der Waals surface area contributed by atoms with Crippen LogP contribution in [0.5, 0.6) is 5.75 Å². The Bertz CT molecular complexity index is 1680. The molecule has 0 radical (unpaired) electrons. The summed E-state index contributed by atoms with van der Waals surface area (Å²) in [5.74, 6) is -0.492. The Morgan fingerprint density at radius 2 is 1.70 bits per heavy atom. The van der Waals surface area contributed by atoms with Gasteiger partial charge >= 0.3 is 5.97 Å². The Morgan fingerprint density at radius 1 is 1.00 bits per heavy atom. The number of likely N-dealkylation sites (N-methyl/N-ethyl adjacent to an activating group) is 2. The molecule has 0 saturated heterocycles. The summed E-state index contributed by atoms with van der Waals surface area (Å²) in [6.07, 6.45) is 3.16. The number of aromatic nitrogens is 2. The Morgan fingerprint density at radius 3 is 2.30 bits per heavy atom. The molecule has 0 aliphatic heterocycles. The number of hydrogen-bond donors (Lipinski definition) is 3. The van der Waals surface area contributed by atoms with Gasteiger partial charge in [-0.05, 0) is 52.2 Å². The zero-order valence-corrected chi connectivity index (χ0v) is 28.2. The third kappa shape index (κ3) is 9.31. The highest BCUT2D eigenvalue weighted by atomic mass is 32.2. The fraction of sp³-hybridized carbons (Fsp3) is 0.355. The van der Waals surface area contributed by atoms with E-state index in [1.165, 1.54) is 26.4 Å². The van der Waals surface area contributed by atoms with Crippen LogP contribution in [0.3, 0.4) is 0 Å². The average molecular weight is 655 g/mol. The van der Waals surface area contributed by atoms with Gasteiger partial charge in [-0.2, -0.15) is 4.98 Å². The third-order valence-electron chi connectivity index (χ3n) is 6.65. The molecule has 3 rings (SSSR count). The fourth-order valence-corrected chi connectivity index (χ4v) is 4.67. The van der Waals surface area contributed by atoms with E-state index in [1.54, 1.807) is 50.2 Å². The summed E-state index contributed by atoms with van der Waals surface area (Å²) in [5, 5.41) is 9.05. The first-order chi connectivity index (χ1) is 21.6. The van der Waals surface area contributed by atoms with Gasteiger partial charge in [-0.25, -0.2) is 18.2 Å². The number of rotatable bonds is 15. The van der Waals surface area contributed by atoms with Crippen LogP contribution in [0.4, 0.5) is 40.2 Å². The highest BCUT2D eigenvalue weighted by molar-refractivity contribution is 7.92. The van der Waals surface area contributed by atoms with E-state index >= 15 is 0 Å². The van der Waals surface area contributed by atoms with Crippen LogP contribution in [0.25, 0.3) is 0 Å². The van der Waals surface area contributed by atoms with E-state index in [-0.39, 0.29) is 17.3 Å². The molecule has 14 nitrogen and oxygen atoms in total. The number of carbonyl (C=O) groups excluding carboxylic acids is 2. The molecule has 1 aromatic heterocycles. The van der Waals surface area contributed by atoms with Gasteiger partial charge < -0.3 is 35.2 Å². The number of esters is 1. The van der Waals surface area contributed by atoms with Gasteiger partial charge in [0.15, 0.2) is 5.82 Å². The highest BCUT2D eigenvalue weighted by Crippen LogP contribution is 2.38. The number of anilines is 7. The summed E-state index contributed by atoms with van der Waals surface area (Å²) in [5.41, 5.74) is 2.35. The number of benzene rings is 2. The molecule has 0 saturated carbocycles. The predicted octanol–water partition coefficient (Wildman–Crippen LogP) is 4.06. The largest absolute Gasteiger partial charge is 0.494 e. The van der Waals surface area contributed by atoms with Crippen molar-refractivity contribution >= 4 is 62.1 Å². The van der Waals surface area contributed by atoms with Crippen molar-refractivity contribution in [3.63, 3.8) is 0 Å². The highest BCUT2D eigenvalue weighted by Gasteiger charge is 2.22. The first-order valence-electron chi connectivity index (χ1n) is 14.3. The van der Waals surface area contributed by atoms with E-state index < -0.39 is 28.0 Å². The van der Waals surface area contributed by atoms with Crippen molar-refractivity contribution in [2.45, 2.75) is 20.0 Å². The topological polar surface area (TPSA) is 158 Å². The number of amides is 1. The Labute approximate surface area is 270 Å². The van der Waals surface area contributed by atoms with Crippen LogP contribution in [-0.2, 0) is 19.6 Å². The molecule has 248 valence electrons. The van der Waals surface area contributed by atoms with Gasteiger partial charge in [0, 0.05) is 39.4 Å². The maximum Gasteiger partial charge on any atom is 0.343 e. The predicted molar refractivity (Wildman–Crippen MR) is 182 cm³/mol. The molecule has 0 aliphatic carbocycles. The van der Waals surface area contributed by atoms with Gasteiger partial charge in [-0.3, -0.25) is 9.10 Å². The summed E-state index contributed by atoms with van der Waals surface area (Å²) in [4.78, 5) is 38.3. The lowest BCUT2D eigenvalue weighted by atomic mass is 10.2. The molecule has 0 spiro atoms. The molecular formula is C31H42N8O6S. The first-order valence-corrected chi connectivity index (χ1v) is 16.2. The molecule has 3 aromatic rings. The number of carbonyl (C=O) groups is 2. The minimum Gasteiger partial charge on any atom is -0.494 e. The van der Waals surface area contributed by atoms with Crippen molar-refractivity contribution in [3.05, 3.63) is 60.8 Å². The van der Waals surface area contributed by atoms with Gasteiger partial charge in [0.1, 0.15) is 11.3 Å². The van der Waals surface area contributed by atoms with Crippen molar-refractivity contribution in [3.8, 4) is 5.75 Å². The standard InChI is InChI=1S/C31H42N8O6S/c1-10-28(40)33-23-17-24(27(44-8)18-26(23)38(6)16-15-37(4)5)35-31-32-19-21(30(41)45-20(2)3)29(36-31)34-22-13-11-12-14-25(22)39(7)46(9,42)43/h10-14,17-20H,1,15-16H2,2-9H3,(H,33,40)(H2,32,34,35,36). The number of nitrogens with one attached hydrogen (secondary N) is 3. The van der Waals surface area contributed by atoms with Crippen LogP contribution < -0.4 is 29.9 Å². The molecule has 0 aliphatic rings. The van der Waals surface area contributed by atoms with Crippen molar-refractivity contribution in [2.24, 2.45) is 0 Å². The second-order valence-corrected chi connectivity index (χ2v) is 12.9. The summed E-state index contributed by atoms with van der Waals surface area (Å²) < 4.78 is 36.9. The first kappa shape index (κ1) is 35.6. The molecule has 0 bridgehead atoms. The minimum absolute atomic E-state index is 0.0276. The quantitative estimate of drug-likeness (QED) is 0.160. The molecule has 0 unspecified atom stereocenters. The molecule has 46 heavy (non-hydrogen) atoms. The van der Waals surface area contributed by atoms with Crippen LogP contribution in [0.15, 0.2) is 55.3 Å². The zero-order valence-electron chi connectivity index (χ0n) is 27.4. The molecule has 3 N–H and O–H groups in total. The van der Waals surface area contributed by atoms with Crippen LogP contribution >= 0.6 is 0 Å². The normalized spacial score (nSPS) is 11.2. The number of ether oxygens (including phenoxy) is 2. The number of methoxy groups -OCH3 is 1. The average Bonchev–Trinajstić information content (AvgIpc) is 2.99. The number of hydrogen-bond acceptors (Lipinski definition) is 12. The smallest absolute Gasteiger partial charge is 0.343 e. The lowest BCUT2D eigenvalue weighted by Crippen LogP contribution is -2.29. The second kappa shape index (κ2) is 15.4. The van der Waals surface area contributed by atoms with Gasteiger partial charge in [0.05, 0.1) is 47.9 Å². The number of nitrogens with zero attached hydrogens (tertiary/aromatic N) is 5. The Kier molecular flexibility index (Phi) is 11.9. The molecule has 15 heteroatoms. The zero-order chi connectivity index (χ0) is 34.2. The van der Waals surface area contributed by atoms with Gasteiger partial charge in [-0.15, -0.1) is 0 Å². The molecule has 0 atom stereocenters. The fourth-order valence-electron chi connectivity index (χ4n) is 4.15. The molecular weight excluding hydrogens is 612 g/mol. The lowest BCUT2D eigenvalue weighted by molar-refractivity contribution is -0.111. The maximum atomic E-state index is 13.0. The maximum absolute atomic E-state index is 13.0. The summed E-state index contributed by atoms with van der Waals surface area (Å²) in [6, 6.07) is 10.2. The Hall–Kier alpha value is -4.89. The Balaban J connectivity index is 2.11. The van der Waals surface area contributed by atoms with Crippen LogP contribution in [0.1, 0.15) is 24.2 Å². The number of sulfonamides is 1. The van der Waals surface area contributed by atoms with Crippen molar-refractivity contribution in [1.29, 1.82) is 0 Å². The van der Waals surface area contributed by atoms with Gasteiger partial charge in [0.25, 0.3) is 0 Å². The molecule has 0 fully saturated rings. The summed E-state index contributed by atoms with van der Waals surface area (Å²) in [7, 11) is 5.19. The summed E-state index contributed by atoms with van der Waals surface area (Å²) >= 11 is 0. The van der Waals surface area contributed by atoms with Crippen molar-refractivity contribution < 1.29 is 27.5 Å². The SMILES string of the molecule is C=CC(=O)Nc1cc(Nc2ncc(C(=O)OC(C)C)c(Nc3ccccc3N(C)S(C)(=O)=O)n2)c(OC)cc1N(C)CCN(C)C. The van der Waals surface area contributed by atoms with E-state index in [0.29, 0.717) is 40.7 Å². The molecule has 2 aromatic carbocycles. The van der Waals surface area contributed by atoms with Gasteiger partial charge in [-0.1, -0.05) is 18.7 Å². The molecule has 1 amide bonds. The van der Waals surface area contributed by atoms with Crippen LogP contribution in [0, 0.1) is 0 Å². The van der Waals surface area contributed by atoms with E-state index in [4.69, 9.17) is 9.47 Å². The second-order valence-electron chi connectivity index (χ2n) is 10.9.